The first-order chi connectivity index (χ1) is 8.48. The van der Waals surface area contributed by atoms with Crippen LogP contribution in [-0.2, 0) is 5.41 Å². The molecule has 1 N–H and O–H groups in total. The zero-order valence-corrected chi connectivity index (χ0v) is 10.7. The molecule has 2 aromatic heterocycles. The molecule has 0 saturated carbocycles. The van der Waals surface area contributed by atoms with E-state index in [-0.39, 0.29) is 11.1 Å². The Labute approximate surface area is 105 Å². The second kappa shape index (κ2) is 4.60. The summed E-state index contributed by atoms with van der Waals surface area (Å²) in [6.45, 7) is 6.10. The summed E-state index contributed by atoms with van der Waals surface area (Å²) in [7, 11) is 0. The molecule has 0 fully saturated rings. The Morgan fingerprint density at radius 1 is 1.44 bits per heavy atom. The van der Waals surface area contributed by atoms with E-state index in [1.807, 2.05) is 32.9 Å². The van der Waals surface area contributed by atoms with Gasteiger partial charge in [-0.25, -0.2) is 4.79 Å². The SMILES string of the molecule is CC(C)(C)c1c[nH]c(=O)n1N=Cc1cccnc1. The van der Waals surface area contributed by atoms with Crippen molar-refractivity contribution in [2.24, 2.45) is 5.10 Å². The number of H-pyrrole nitrogens is 1. The van der Waals surface area contributed by atoms with Crippen LogP contribution in [0.1, 0.15) is 32.0 Å². The minimum absolute atomic E-state index is 0.147. The first-order valence-electron chi connectivity index (χ1n) is 5.74. The molecule has 5 heteroatoms. The lowest BCUT2D eigenvalue weighted by Crippen LogP contribution is -2.22. The predicted octanol–water partition coefficient (Wildman–Crippen LogP) is 1.75. The Morgan fingerprint density at radius 3 is 2.83 bits per heavy atom. The second-order valence-corrected chi connectivity index (χ2v) is 5.07. The molecule has 0 spiro atoms. The van der Waals surface area contributed by atoms with Gasteiger partial charge in [-0.15, -0.1) is 0 Å². The van der Waals surface area contributed by atoms with Crippen molar-refractivity contribution in [3.63, 3.8) is 0 Å². The van der Waals surface area contributed by atoms with Gasteiger partial charge in [-0.2, -0.15) is 9.78 Å². The fraction of sp³-hybridized carbons (Fsp3) is 0.308. The molecule has 18 heavy (non-hydrogen) atoms. The molecule has 0 aliphatic rings. The van der Waals surface area contributed by atoms with Crippen LogP contribution in [0.25, 0.3) is 0 Å². The highest BCUT2D eigenvalue weighted by molar-refractivity contribution is 5.78. The van der Waals surface area contributed by atoms with Crippen molar-refractivity contribution in [2.45, 2.75) is 26.2 Å². The van der Waals surface area contributed by atoms with Crippen LogP contribution in [0, 0.1) is 0 Å². The summed E-state index contributed by atoms with van der Waals surface area (Å²) in [5.41, 5.74) is 1.31. The lowest BCUT2D eigenvalue weighted by Gasteiger charge is -2.17. The maximum atomic E-state index is 11.7. The first kappa shape index (κ1) is 12.3. The third kappa shape index (κ3) is 2.56. The molecule has 0 aromatic carbocycles. The van der Waals surface area contributed by atoms with Crippen molar-refractivity contribution < 1.29 is 0 Å². The molecule has 5 nitrogen and oxygen atoms in total. The minimum atomic E-state index is -0.236. The van der Waals surface area contributed by atoms with Gasteiger partial charge in [0.05, 0.1) is 11.9 Å². The van der Waals surface area contributed by atoms with Crippen molar-refractivity contribution in [1.82, 2.24) is 14.6 Å². The van der Waals surface area contributed by atoms with Crippen LogP contribution < -0.4 is 5.69 Å². The first-order valence-corrected chi connectivity index (χ1v) is 5.74. The molecule has 0 bridgehead atoms. The van der Waals surface area contributed by atoms with E-state index < -0.39 is 0 Å². The lowest BCUT2D eigenvalue weighted by atomic mass is 9.93. The normalized spacial score (nSPS) is 12.2. The van der Waals surface area contributed by atoms with Crippen molar-refractivity contribution in [2.75, 3.05) is 0 Å². The molecule has 0 atom stereocenters. The van der Waals surface area contributed by atoms with Gasteiger partial charge in [-0.3, -0.25) is 4.98 Å². The number of hydrogen-bond donors (Lipinski definition) is 1. The van der Waals surface area contributed by atoms with Crippen LogP contribution in [-0.4, -0.2) is 20.9 Å². The highest BCUT2D eigenvalue weighted by Gasteiger charge is 2.19. The molecule has 0 aliphatic heterocycles. The van der Waals surface area contributed by atoms with Crippen molar-refractivity contribution in [3.8, 4) is 0 Å². The molecule has 2 heterocycles. The third-order valence-corrected chi connectivity index (χ3v) is 2.53. The number of aromatic amines is 1. The van der Waals surface area contributed by atoms with Crippen molar-refractivity contribution >= 4 is 6.21 Å². The average Bonchev–Trinajstić information content (AvgIpc) is 2.69. The van der Waals surface area contributed by atoms with E-state index in [0.29, 0.717) is 0 Å². The van der Waals surface area contributed by atoms with E-state index in [2.05, 4.69) is 15.1 Å². The quantitative estimate of drug-likeness (QED) is 0.818. The smallest absolute Gasteiger partial charge is 0.311 e. The monoisotopic (exact) mass is 244 g/mol. The highest BCUT2D eigenvalue weighted by atomic mass is 16.2. The van der Waals surface area contributed by atoms with E-state index >= 15 is 0 Å². The summed E-state index contributed by atoms with van der Waals surface area (Å²) in [5, 5.41) is 4.21. The fourth-order valence-electron chi connectivity index (χ4n) is 1.59. The molecular formula is C13H16N4O. The molecule has 0 saturated heterocycles. The standard InChI is InChI=1S/C13H16N4O/c1-13(2,3)11-9-15-12(18)17(11)16-8-10-5-4-6-14-7-10/h4-9H,1-3H3,(H,15,18). The van der Waals surface area contributed by atoms with E-state index in [1.54, 1.807) is 24.8 Å². The van der Waals surface area contributed by atoms with Gasteiger partial charge in [-0.1, -0.05) is 26.8 Å². The molecule has 0 radical (unpaired) electrons. The minimum Gasteiger partial charge on any atom is -0.311 e. The van der Waals surface area contributed by atoms with Crippen molar-refractivity contribution in [3.05, 3.63) is 52.5 Å². The van der Waals surface area contributed by atoms with Gasteiger partial charge in [0.25, 0.3) is 0 Å². The highest BCUT2D eigenvalue weighted by Crippen LogP contribution is 2.19. The van der Waals surface area contributed by atoms with Crippen LogP contribution in [0.2, 0.25) is 0 Å². The number of pyridine rings is 1. The number of imidazole rings is 1. The zero-order valence-electron chi connectivity index (χ0n) is 10.7. The van der Waals surface area contributed by atoms with Crippen LogP contribution in [0.4, 0.5) is 0 Å². The van der Waals surface area contributed by atoms with E-state index in [0.717, 1.165) is 11.3 Å². The van der Waals surface area contributed by atoms with E-state index in [9.17, 15) is 4.79 Å². The predicted molar refractivity (Wildman–Crippen MR) is 71.0 cm³/mol. The van der Waals surface area contributed by atoms with Crippen LogP contribution in [0.5, 0.6) is 0 Å². The Hall–Kier alpha value is -2.17. The number of nitrogens with one attached hydrogen (secondary N) is 1. The van der Waals surface area contributed by atoms with Gasteiger partial charge < -0.3 is 4.98 Å². The summed E-state index contributed by atoms with van der Waals surface area (Å²) in [4.78, 5) is 18.3. The molecular weight excluding hydrogens is 228 g/mol. The topological polar surface area (TPSA) is 63.0 Å². The number of aromatic nitrogens is 3. The second-order valence-electron chi connectivity index (χ2n) is 5.07. The molecule has 2 rings (SSSR count). The number of hydrogen-bond acceptors (Lipinski definition) is 3. The number of rotatable bonds is 2. The largest absolute Gasteiger partial charge is 0.346 e. The summed E-state index contributed by atoms with van der Waals surface area (Å²) >= 11 is 0. The Bertz CT molecular complexity index is 602. The lowest BCUT2D eigenvalue weighted by molar-refractivity contribution is 0.536. The average molecular weight is 244 g/mol. The molecule has 0 amide bonds. The van der Waals surface area contributed by atoms with Crippen LogP contribution >= 0.6 is 0 Å². The Balaban J connectivity index is 2.38. The van der Waals surface area contributed by atoms with E-state index in [4.69, 9.17) is 0 Å². The Morgan fingerprint density at radius 2 is 2.22 bits per heavy atom. The molecule has 0 aliphatic carbocycles. The van der Waals surface area contributed by atoms with Gasteiger partial charge in [0.15, 0.2) is 0 Å². The van der Waals surface area contributed by atoms with Crippen molar-refractivity contribution in [1.29, 1.82) is 0 Å². The Kier molecular flexibility index (Phi) is 3.14. The van der Waals surface area contributed by atoms with E-state index in [1.165, 1.54) is 4.68 Å². The third-order valence-electron chi connectivity index (χ3n) is 2.53. The summed E-state index contributed by atoms with van der Waals surface area (Å²) < 4.78 is 1.38. The molecule has 94 valence electrons. The summed E-state index contributed by atoms with van der Waals surface area (Å²) in [6, 6.07) is 3.71. The van der Waals surface area contributed by atoms with Crippen LogP contribution in [0.3, 0.4) is 0 Å². The maximum Gasteiger partial charge on any atom is 0.346 e. The van der Waals surface area contributed by atoms with Crippen LogP contribution in [0.15, 0.2) is 40.6 Å². The molecule has 0 unspecified atom stereocenters. The maximum absolute atomic E-state index is 11.7. The van der Waals surface area contributed by atoms with Gasteiger partial charge in [0.1, 0.15) is 0 Å². The fourth-order valence-corrected chi connectivity index (χ4v) is 1.59. The summed E-state index contributed by atoms with van der Waals surface area (Å²) in [6.07, 6.45) is 6.71. The zero-order chi connectivity index (χ0) is 13.2. The van der Waals surface area contributed by atoms with Gasteiger partial charge in [0.2, 0.25) is 0 Å². The molecule has 2 aromatic rings. The summed E-state index contributed by atoms with van der Waals surface area (Å²) in [5.74, 6) is 0. The number of nitrogens with zero attached hydrogens (tertiary/aromatic N) is 3. The van der Waals surface area contributed by atoms with Gasteiger partial charge in [0, 0.05) is 29.6 Å². The van der Waals surface area contributed by atoms with Gasteiger partial charge in [-0.05, 0) is 6.07 Å². The van der Waals surface area contributed by atoms with Gasteiger partial charge >= 0.3 is 5.69 Å².